The van der Waals surface area contributed by atoms with Crippen molar-refractivity contribution in [1.82, 2.24) is 9.80 Å². The number of hydrogen-bond acceptors (Lipinski definition) is 8. The second-order valence-electron chi connectivity index (χ2n) is 14.2. The zero-order chi connectivity index (χ0) is 37.9. The molecule has 3 aliphatic heterocycles. The lowest BCUT2D eigenvalue weighted by Crippen LogP contribution is -2.60. The second kappa shape index (κ2) is 16.3. The molecule has 12 heteroatoms. The number of carbonyl (C=O) groups is 4. The molecule has 0 aliphatic carbocycles. The number of alkyl halides is 1. The van der Waals surface area contributed by atoms with E-state index < -0.39 is 72.2 Å². The summed E-state index contributed by atoms with van der Waals surface area (Å²) in [5.74, 6) is -3.37. The van der Waals surface area contributed by atoms with Crippen LogP contribution in [0.1, 0.15) is 51.7 Å². The average molecular weight is 781 g/mol. The number of esters is 1. The molecule has 52 heavy (non-hydrogen) atoms. The Labute approximate surface area is 314 Å². The van der Waals surface area contributed by atoms with Crippen LogP contribution in [0, 0.1) is 17.8 Å². The van der Waals surface area contributed by atoms with Crippen LogP contribution in [-0.4, -0.2) is 101 Å². The maximum Gasteiger partial charge on any atom is 0.313 e. The molecule has 3 saturated heterocycles. The fraction of sp³-hybridized carbons (Fsp3) is 0.500. The first-order valence-corrected chi connectivity index (χ1v) is 18.7. The molecule has 2 aromatic carbocycles. The van der Waals surface area contributed by atoms with Crippen LogP contribution in [0.5, 0.6) is 5.75 Å². The van der Waals surface area contributed by atoms with Crippen molar-refractivity contribution in [3.8, 4) is 5.75 Å². The van der Waals surface area contributed by atoms with Crippen molar-refractivity contribution in [3.05, 3.63) is 85.5 Å². The average Bonchev–Trinajstić information content (AvgIpc) is 3.74. The zero-order valence-corrected chi connectivity index (χ0v) is 32.1. The summed E-state index contributed by atoms with van der Waals surface area (Å²) >= 11 is 3.74. The minimum Gasteiger partial charge on any atom is -0.497 e. The Bertz CT molecular complexity index is 1640. The smallest absolute Gasteiger partial charge is 0.313 e. The van der Waals surface area contributed by atoms with Crippen LogP contribution in [0.25, 0.3) is 0 Å². The van der Waals surface area contributed by atoms with Gasteiger partial charge in [-0.1, -0.05) is 72.3 Å². The predicted molar refractivity (Wildman–Crippen MR) is 201 cm³/mol. The number of aliphatic hydroxyl groups is 1. The molecule has 2 aromatic rings. The molecule has 11 nitrogen and oxygen atoms in total. The summed E-state index contributed by atoms with van der Waals surface area (Å²) in [7, 11) is 3.23. The third kappa shape index (κ3) is 7.04. The summed E-state index contributed by atoms with van der Waals surface area (Å²) in [6, 6.07) is 13.7. The topological polar surface area (TPSA) is 126 Å². The second-order valence-corrected chi connectivity index (χ2v) is 15.4. The summed E-state index contributed by atoms with van der Waals surface area (Å²) in [5.41, 5.74) is -0.141. The Kier molecular flexibility index (Phi) is 12.3. The lowest BCUT2D eigenvalue weighted by molar-refractivity contribution is -0.165. The van der Waals surface area contributed by atoms with Gasteiger partial charge in [-0.2, -0.15) is 0 Å². The molecule has 3 aliphatic rings. The lowest BCUT2D eigenvalue weighted by Gasteiger charge is -2.40. The van der Waals surface area contributed by atoms with Crippen LogP contribution in [0.4, 0.5) is 5.69 Å². The molecule has 1 unspecified atom stereocenters. The van der Waals surface area contributed by atoms with Crippen molar-refractivity contribution in [2.45, 2.75) is 80.8 Å². The van der Waals surface area contributed by atoms with Crippen LogP contribution < -0.4 is 9.64 Å². The van der Waals surface area contributed by atoms with E-state index in [0.717, 1.165) is 0 Å². The largest absolute Gasteiger partial charge is 0.497 e. The van der Waals surface area contributed by atoms with Gasteiger partial charge in [0.15, 0.2) is 0 Å². The molecule has 3 fully saturated rings. The van der Waals surface area contributed by atoms with Gasteiger partial charge in [0.25, 0.3) is 5.91 Å². The first-order chi connectivity index (χ1) is 24.9. The molecule has 1 N–H and O–H groups in total. The molecule has 280 valence electrons. The van der Waals surface area contributed by atoms with Crippen molar-refractivity contribution in [2.24, 2.45) is 17.8 Å². The Hall–Kier alpha value is -4.00. The van der Waals surface area contributed by atoms with Crippen molar-refractivity contribution in [2.75, 3.05) is 32.2 Å². The maximum atomic E-state index is 15.0. The quantitative estimate of drug-likeness (QED) is 0.142. The number of carbonyl (C=O) groups excluding carboxylic acids is 4. The SMILES string of the molecule is C=CCCC(=O)N(C)[C@@H](C)[C@@H](OC(=O)[C@H]1[C@@H]2O[C@@]3(CC2Br)[C@@H]1C(=O)N([C@@H](CO)C(C)C)[C@@H]3C(=O)N(CC=C)c1ccc(OC)cc1)c1ccccc1. The standard InChI is InChI=1S/C40H50BrN3O8/c1-8-10-16-31(46)42(6)25(5)34(26-14-12-11-13-15-26)51-39(49)32-33-37(47)44(30(23-45)24(3)4)36(40(33)22-29(41)35(32)52-40)38(48)43(21-9-2)27-17-19-28(50-7)20-18-27/h8-9,11-15,17-20,24-25,29-30,32-36,45H,1-2,10,16,21-23H2,3-7H3/t25-,29?,30-,32+,33-,34+,35+,36+,40-/m0/s1. The molecular weight excluding hydrogens is 730 g/mol. The molecule has 1 spiro atoms. The normalized spacial score (nSPS) is 26.3. The van der Waals surface area contributed by atoms with E-state index in [9.17, 15) is 24.3 Å². The number of hydrogen-bond donors (Lipinski definition) is 1. The van der Waals surface area contributed by atoms with E-state index >= 15 is 0 Å². The monoisotopic (exact) mass is 779 g/mol. The molecule has 0 saturated carbocycles. The number of ether oxygens (including phenoxy) is 3. The van der Waals surface area contributed by atoms with Gasteiger partial charge in [-0.25, -0.2) is 0 Å². The highest BCUT2D eigenvalue weighted by atomic mass is 79.9. The molecule has 3 amide bonds. The number of rotatable bonds is 16. The minimum atomic E-state index is -1.39. The number of likely N-dealkylation sites (N-methyl/N-ethyl adjacent to an activating group) is 1. The maximum absolute atomic E-state index is 15.0. The third-order valence-electron chi connectivity index (χ3n) is 10.9. The summed E-state index contributed by atoms with van der Waals surface area (Å²) in [5, 5.41) is 10.7. The van der Waals surface area contributed by atoms with Crippen LogP contribution in [0.3, 0.4) is 0 Å². The van der Waals surface area contributed by atoms with Crippen LogP contribution in [0.15, 0.2) is 79.9 Å². The minimum absolute atomic E-state index is 0.125. The van der Waals surface area contributed by atoms with Crippen molar-refractivity contribution >= 4 is 45.3 Å². The van der Waals surface area contributed by atoms with Crippen molar-refractivity contribution in [3.63, 3.8) is 0 Å². The molecule has 9 atom stereocenters. The fourth-order valence-corrected chi connectivity index (χ4v) is 9.02. The van der Waals surface area contributed by atoms with Crippen LogP contribution in [0.2, 0.25) is 0 Å². The number of anilines is 1. The highest BCUT2D eigenvalue weighted by Gasteiger charge is 2.77. The van der Waals surface area contributed by atoms with E-state index in [1.54, 1.807) is 60.4 Å². The number of benzene rings is 2. The predicted octanol–water partition coefficient (Wildman–Crippen LogP) is 5.08. The fourth-order valence-electron chi connectivity index (χ4n) is 8.08. The van der Waals surface area contributed by atoms with Gasteiger partial charge in [0, 0.05) is 30.5 Å². The van der Waals surface area contributed by atoms with Gasteiger partial charge < -0.3 is 34.0 Å². The highest BCUT2D eigenvalue weighted by molar-refractivity contribution is 9.09. The van der Waals surface area contributed by atoms with Gasteiger partial charge in [0.05, 0.1) is 43.7 Å². The van der Waals surface area contributed by atoms with E-state index in [0.29, 0.717) is 23.4 Å². The van der Waals surface area contributed by atoms with E-state index in [2.05, 4.69) is 29.1 Å². The van der Waals surface area contributed by atoms with Gasteiger partial charge in [-0.05, 0) is 55.5 Å². The molecule has 3 heterocycles. The molecular formula is C40H50BrN3O8. The summed E-state index contributed by atoms with van der Waals surface area (Å²) < 4.78 is 18.4. The van der Waals surface area contributed by atoms with E-state index in [1.165, 1.54) is 4.90 Å². The first-order valence-electron chi connectivity index (χ1n) is 17.8. The Morgan fingerprint density at radius 3 is 2.35 bits per heavy atom. The summed E-state index contributed by atoms with van der Waals surface area (Å²) in [6.07, 6.45) is 2.71. The Morgan fingerprint density at radius 1 is 1.10 bits per heavy atom. The van der Waals surface area contributed by atoms with E-state index in [-0.39, 0.29) is 36.0 Å². The van der Waals surface area contributed by atoms with E-state index in [4.69, 9.17) is 14.2 Å². The lowest BCUT2D eigenvalue weighted by atomic mass is 9.70. The number of allylic oxidation sites excluding steroid dienone is 1. The number of amides is 3. The van der Waals surface area contributed by atoms with Gasteiger partial charge in [0.1, 0.15) is 23.5 Å². The molecule has 0 aromatic heterocycles. The highest BCUT2D eigenvalue weighted by Crippen LogP contribution is 2.61. The number of halogens is 1. The van der Waals surface area contributed by atoms with Crippen LogP contribution in [-0.2, 0) is 28.7 Å². The summed E-state index contributed by atoms with van der Waals surface area (Å²) in [6.45, 7) is 12.9. The van der Waals surface area contributed by atoms with Crippen molar-refractivity contribution < 1.29 is 38.5 Å². The van der Waals surface area contributed by atoms with Gasteiger partial charge in [-0.3, -0.25) is 19.2 Å². The summed E-state index contributed by atoms with van der Waals surface area (Å²) in [4.78, 5) is 61.7. The Morgan fingerprint density at radius 2 is 1.77 bits per heavy atom. The molecule has 0 radical (unpaired) electrons. The van der Waals surface area contributed by atoms with E-state index in [1.807, 2.05) is 51.1 Å². The zero-order valence-electron chi connectivity index (χ0n) is 30.5. The van der Waals surface area contributed by atoms with Gasteiger partial charge in [-0.15, -0.1) is 13.2 Å². The first kappa shape index (κ1) is 39.2. The number of nitrogens with zero attached hydrogens (tertiary/aromatic N) is 3. The number of aliphatic hydroxyl groups excluding tert-OH is 1. The molecule has 5 rings (SSSR count). The Balaban J connectivity index is 1.55. The molecule has 2 bridgehead atoms. The van der Waals surface area contributed by atoms with Gasteiger partial charge in [0.2, 0.25) is 11.8 Å². The van der Waals surface area contributed by atoms with Gasteiger partial charge >= 0.3 is 5.97 Å². The number of likely N-dealkylation sites (tertiary alicyclic amines) is 1. The van der Waals surface area contributed by atoms with Crippen LogP contribution >= 0.6 is 15.9 Å². The van der Waals surface area contributed by atoms with Crippen molar-refractivity contribution in [1.29, 1.82) is 0 Å². The number of methoxy groups -OCH3 is 1. The third-order valence-corrected chi connectivity index (χ3v) is 11.7. The number of fused-ring (bicyclic) bond motifs is 1.